The highest BCUT2D eigenvalue weighted by molar-refractivity contribution is 5.24. The average molecular weight is 207 g/mol. The van der Waals surface area contributed by atoms with Crippen molar-refractivity contribution in [3.63, 3.8) is 0 Å². The Morgan fingerprint density at radius 2 is 1.86 bits per heavy atom. The maximum atomic E-state index is 12.0. The summed E-state index contributed by atoms with van der Waals surface area (Å²) in [5.41, 5.74) is -0.378. The molecule has 0 bridgehead atoms. The van der Waals surface area contributed by atoms with E-state index in [4.69, 9.17) is 5.11 Å². The lowest BCUT2D eigenvalue weighted by Crippen LogP contribution is -2.20. The third-order valence-corrected chi connectivity index (χ3v) is 1.52. The van der Waals surface area contributed by atoms with Crippen molar-refractivity contribution in [3.8, 4) is 0 Å². The first-order valence-corrected chi connectivity index (χ1v) is 3.69. The van der Waals surface area contributed by atoms with Gasteiger partial charge >= 0.3 is 6.18 Å². The molecule has 0 spiro atoms. The second-order valence-electron chi connectivity index (χ2n) is 2.53. The van der Waals surface area contributed by atoms with Crippen molar-refractivity contribution in [1.29, 1.82) is 0 Å². The number of aromatic nitrogens is 2. The molecule has 0 saturated carbocycles. The predicted octanol–water partition coefficient (Wildman–Crippen LogP) is 1.11. The molecule has 78 valence electrons. The van der Waals surface area contributed by atoms with Crippen molar-refractivity contribution < 1.29 is 18.3 Å². The number of aliphatic hydroxyl groups excluding tert-OH is 1. The van der Waals surface area contributed by atoms with Gasteiger partial charge in [0.15, 0.2) is 6.10 Å². The van der Waals surface area contributed by atoms with E-state index in [1.807, 2.05) is 0 Å². The second kappa shape index (κ2) is 3.79. The monoisotopic (exact) mass is 207 g/mol. The van der Waals surface area contributed by atoms with Crippen LogP contribution < -0.4 is 5.32 Å². The number of aliphatic hydroxyl groups is 1. The zero-order valence-electron chi connectivity index (χ0n) is 7.21. The van der Waals surface area contributed by atoms with Gasteiger partial charge in [0.2, 0.25) is 5.95 Å². The summed E-state index contributed by atoms with van der Waals surface area (Å²) in [6.07, 6.45) is -5.37. The summed E-state index contributed by atoms with van der Waals surface area (Å²) in [4.78, 5) is 7.10. The summed E-state index contributed by atoms with van der Waals surface area (Å²) in [6.45, 7) is 0. The number of nitrogens with one attached hydrogen (secondary N) is 1. The van der Waals surface area contributed by atoms with Gasteiger partial charge in [0.1, 0.15) is 0 Å². The van der Waals surface area contributed by atoms with Gasteiger partial charge in [0.25, 0.3) is 0 Å². The molecule has 1 aromatic heterocycles. The first-order valence-electron chi connectivity index (χ1n) is 3.69. The van der Waals surface area contributed by atoms with E-state index in [0.29, 0.717) is 0 Å². The molecule has 0 aliphatic carbocycles. The molecular weight excluding hydrogens is 199 g/mol. The lowest BCUT2D eigenvalue weighted by Gasteiger charge is -2.13. The van der Waals surface area contributed by atoms with E-state index in [1.165, 1.54) is 7.05 Å². The Balaban J connectivity index is 2.87. The first-order chi connectivity index (χ1) is 6.45. The quantitative estimate of drug-likeness (QED) is 0.762. The molecular formula is C7H8F3N3O. The average Bonchev–Trinajstić information content (AvgIpc) is 2.15. The second-order valence-corrected chi connectivity index (χ2v) is 2.53. The number of anilines is 1. The van der Waals surface area contributed by atoms with Gasteiger partial charge in [-0.05, 0) is 0 Å². The van der Waals surface area contributed by atoms with E-state index in [2.05, 4.69) is 15.3 Å². The maximum Gasteiger partial charge on any atom is 0.418 e. The lowest BCUT2D eigenvalue weighted by molar-refractivity contribution is -0.206. The van der Waals surface area contributed by atoms with Gasteiger partial charge < -0.3 is 10.4 Å². The standard InChI is InChI=1S/C7H8F3N3O/c1-11-6-12-2-4(3-13-6)5(14)7(8,9)10/h2-3,5,14H,1H3,(H,11,12,13). The van der Waals surface area contributed by atoms with Gasteiger partial charge in [-0.15, -0.1) is 0 Å². The van der Waals surface area contributed by atoms with Crippen LogP contribution >= 0.6 is 0 Å². The first kappa shape index (κ1) is 10.7. The largest absolute Gasteiger partial charge is 0.418 e. The summed E-state index contributed by atoms with van der Waals surface area (Å²) in [7, 11) is 1.54. The van der Waals surface area contributed by atoms with Gasteiger partial charge in [0, 0.05) is 25.0 Å². The van der Waals surface area contributed by atoms with Gasteiger partial charge in [-0.1, -0.05) is 0 Å². The smallest absolute Gasteiger partial charge is 0.379 e. The van der Waals surface area contributed by atoms with Crippen molar-refractivity contribution in [2.45, 2.75) is 12.3 Å². The highest BCUT2D eigenvalue weighted by atomic mass is 19.4. The van der Waals surface area contributed by atoms with Crippen LogP contribution in [0.1, 0.15) is 11.7 Å². The highest BCUT2D eigenvalue weighted by Crippen LogP contribution is 2.31. The van der Waals surface area contributed by atoms with Crippen LogP contribution in [0, 0.1) is 0 Å². The molecule has 7 heteroatoms. The van der Waals surface area contributed by atoms with Gasteiger partial charge in [-0.2, -0.15) is 13.2 Å². The third kappa shape index (κ3) is 2.32. The molecule has 4 nitrogen and oxygen atoms in total. The summed E-state index contributed by atoms with van der Waals surface area (Å²) in [5, 5.41) is 11.3. The Bertz CT molecular complexity index is 298. The Morgan fingerprint density at radius 3 is 2.21 bits per heavy atom. The number of hydrogen-bond acceptors (Lipinski definition) is 4. The van der Waals surface area contributed by atoms with Crippen molar-refractivity contribution in [1.82, 2.24) is 9.97 Å². The fourth-order valence-electron chi connectivity index (χ4n) is 0.797. The molecule has 0 fully saturated rings. The van der Waals surface area contributed by atoms with E-state index >= 15 is 0 Å². The molecule has 14 heavy (non-hydrogen) atoms. The summed E-state index contributed by atoms with van der Waals surface area (Å²) < 4.78 is 36.0. The molecule has 0 saturated heterocycles. The van der Waals surface area contributed by atoms with Crippen molar-refractivity contribution >= 4 is 5.95 Å². The van der Waals surface area contributed by atoms with E-state index < -0.39 is 12.3 Å². The predicted molar refractivity (Wildman–Crippen MR) is 42.6 cm³/mol. The fourth-order valence-corrected chi connectivity index (χ4v) is 0.797. The minimum absolute atomic E-state index is 0.197. The van der Waals surface area contributed by atoms with Gasteiger partial charge in [0.05, 0.1) is 0 Å². The Kier molecular flexibility index (Phi) is 2.90. The van der Waals surface area contributed by atoms with Crippen molar-refractivity contribution in [2.75, 3.05) is 12.4 Å². The van der Waals surface area contributed by atoms with Crippen LogP contribution in [0.5, 0.6) is 0 Å². The Labute approximate surface area is 77.8 Å². The third-order valence-electron chi connectivity index (χ3n) is 1.52. The fraction of sp³-hybridized carbons (Fsp3) is 0.429. The van der Waals surface area contributed by atoms with Crippen LogP contribution in [0.15, 0.2) is 12.4 Å². The molecule has 1 atom stereocenters. The molecule has 0 amide bonds. The van der Waals surface area contributed by atoms with Crippen LogP contribution in [0.4, 0.5) is 19.1 Å². The Morgan fingerprint density at radius 1 is 1.36 bits per heavy atom. The van der Waals surface area contributed by atoms with E-state index in [1.54, 1.807) is 0 Å². The number of halogens is 3. The van der Waals surface area contributed by atoms with Crippen LogP contribution in [0.3, 0.4) is 0 Å². The number of nitrogens with zero attached hydrogens (tertiary/aromatic N) is 2. The summed E-state index contributed by atoms with van der Waals surface area (Å²) >= 11 is 0. The van der Waals surface area contributed by atoms with Gasteiger partial charge in [-0.25, -0.2) is 9.97 Å². The summed E-state index contributed by atoms with van der Waals surface area (Å²) in [5.74, 6) is 0.197. The van der Waals surface area contributed by atoms with E-state index in [0.717, 1.165) is 12.4 Å². The SMILES string of the molecule is CNc1ncc(C(O)C(F)(F)F)cn1. The minimum atomic E-state index is -4.69. The number of rotatable bonds is 2. The molecule has 1 rings (SSSR count). The topological polar surface area (TPSA) is 58.0 Å². The lowest BCUT2D eigenvalue weighted by atomic mass is 10.2. The minimum Gasteiger partial charge on any atom is -0.379 e. The van der Waals surface area contributed by atoms with Crippen LogP contribution in [-0.2, 0) is 0 Å². The zero-order valence-corrected chi connectivity index (χ0v) is 7.21. The normalized spacial score (nSPS) is 13.8. The van der Waals surface area contributed by atoms with E-state index in [-0.39, 0.29) is 11.5 Å². The van der Waals surface area contributed by atoms with Crippen LogP contribution in [-0.4, -0.2) is 28.3 Å². The molecule has 0 aromatic carbocycles. The van der Waals surface area contributed by atoms with Crippen molar-refractivity contribution in [3.05, 3.63) is 18.0 Å². The highest BCUT2D eigenvalue weighted by Gasteiger charge is 2.39. The molecule has 0 radical (unpaired) electrons. The van der Waals surface area contributed by atoms with E-state index in [9.17, 15) is 13.2 Å². The molecule has 2 N–H and O–H groups in total. The molecule has 1 unspecified atom stereocenters. The zero-order chi connectivity index (χ0) is 10.8. The molecule has 0 aliphatic heterocycles. The van der Waals surface area contributed by atoms with Crippen LogP contribution in [0.25, 0.3) is 0 Å². The molecule has 1 heterocycles. The number of alkyl halides is 3. The number of hydrogen-bond donors (Lipinski definition) is 2. The Hall–Kier alpha value is -1.37. The maximum absolute atomic E-state index is 12.0. The molecule has 0 aliphatic rings. The summed E-state index contributed by atoms with van der Waals surface area (Å²) in [6, 6.07) is 0. The molecule has 1 aromatic rings. The van der Waals surface area contributed by atoms with Crippen molar-refractivity contribution in [2.24, 2.45) is 0 Å². The van der Waals surface area contributed by atoms with Gasteiger partial charge in [-0.3, -0.25) is 0 Å². The van der Waals surface area contributed by atoms with Crippen LogP contribution in [0.2, 0.25) is 0 Å².